The highest BCUT2D eigenvalue weighted by Gasteiger charge is 2.17. The molecule has 0 saturated heterocycles. The van der Waals surface area contributed by atoms with Gasteiger partial charge in [-0.25, -0.2) is 13.1 Å². The van der Waals surface area contributed by atoms with Gasteiger partial charge in [-0.05, 0) is 6.07 Å². The topological polar surface area (TPSA) is 102 Å². The monoisotopic (exact) mass is 266 g/mol. The van der Waals surface area contributed by atoms with E-state index in [0.29, 0.717) is 5.69 Å². The first-order valence-corrected chi connectivity index (χ1v) is 6.82. The van der Waals surface area contributed by atoms with Crippen LogP contribution in [0.15, 0.2) is 15.7 Å². The van der Waals surface area contributed by atoms with Gasteiger partial charge in [-0.3, -0.25) is 0 Å². The number of aliphatic hydroxyl groups is 1. The molecule has 0 spiro atoms. The number of rotatable bonds is 6. The third-order valence-electron chi connectivity index (χ3n) is 1.73. The molecule has 1 unspecified atom stereocenters. The van der Waals surface area contributed by atoms with Gasteiger partial charge in [-0.15, -0.1) is 11.3 Å². The van der Waals surface area contributed by atoms with Gasteiger partial charge >= 0.3 is 0 Å². The average Bonchev–Trinajstić information content (AvgIpc) is 2.63. The molecule has 0 aliphatic heterocycles. The molecule has 0 saturated carbocycles. The molecule has 1 atom stereocenters. The van der Waals surface area contributed by atoms with E-state index < -0.39 is 16.1 Å². The second-order valence-electron chi connectivity index (χ2n) is 3.16. The minimum absolute atomic E-state index is 0.0785. The van der Waals surface area contributed by atoms with Crippen molar-refractivity contribution in [3.63, 3.8) is 0 Å². The van der Waals surface area contributed by atoms with Crippen LogP contribution in [0.25, 0.3) is 0 Å². The van der Waals surface area contributed by atoms with E-state index in [1.807, 2.05) is 0 Å². The minimum Gasteiger partial charge on any atom is -0.398 e. The van der Waals surface area contributed by atoms with Crippen LogP contribution in [0.5, 0.6) is 0 Å². The fourth-order valence-electron chi connectivity index (χ4n) is 1.000. The zero-order valence-corrected chi connectivity index (χ0v) is 10.3. The number of sulfonamides is 1. The van der Waals surface area contributed by atoms with Gasteiger partial charge in [0.2, 0.25) is 10.0 Å². The molecule has 0 aromatic carbocycles. The van der Waals surface area contributed by atoms with Crippen LogP contribution in [0.4, 0.5) is 5.69 Å². The molecule has 92 valence electrons. The molecule has 0 aliphatic rings. The Bertz CT molecular complexity index is 429. The Kier molecular flexibility index (Phi) is 4.69. The van der Waals surface area contributed by atoms with E-state index in [9.17, 15) is 13.5 Å². The summed E-state index contributed by atoms with van der Waals surface area (Å²) in [5.41, 5.74) is 5.83. The molecule has 0 fully saturated rings. The van der Waals surface area contributed by atoms with Crippen LogP contribution < -0.4 is 10.5 Å². The van der Waals surface area contributed by atoms with E-state index >= 15 is 0 Å². The molecule has 8 heteroatoms. The number of ether oxygens (including phenoxy) is 1. The molecular formula is C8H14N2O4S2. The summed E-state index contributed by atoms with van der Waals surface area (Å²) in [5.74, 6) is 0. The first-order valence-electron chi connectivity index (χ1n) is 4.46. The quantitative estimate of drug-likeness (QED) is 0.651. The Balaban J connectivity index is 2.59. The van der Waals surface area contributed by atoms with E-state index in [-0.39, 0.29) is 17.4 Å². The van der Waals surface area contributed by atoms with E-state index in [1.165, 1.54) is 13.2 Å². The Labute approximate surface area is 98.1 Å². The lowest BCUT2D eigenvalue weighted by atomic mass is 10.4. The molecule has 0 radical (unpaired) electrons. The Morgan fingerprint density at radius 2 is 2.38 bits per heavy atom. The van der Waals surface area contributed by atoms with Crippen molar-refractivity contribution in [1.29, 1.82) is 0 Å². The molecule has 0 bridgehead atoms. The predicted octanol–water partition coefficient (Wildman–Crippen LogP) is -0.384. The molecule has 1 aromatic heterocycles. The highest BCUT2D eigenvalue weighted by atomic mass is 32.2. The largest absolute Gasteiger partial charge is 0.398 e. The fourth-order valence-corrected chi connectivity index (χ4v) is 3.20. The normalized spacial score (nSPS) is 13.9. The maximum absolute atomic E-state index is 11.6. The van der Waals surface area contributed by atoms with Gasteiger partial charge in [0.1, 0.15) is 4.21 Å². The molecule has 1 aromatic rings. The number of nitrogens with two attached hydrogens (primary N) is 1. The fraction of sp³-hybridized carbons (Fsp3) is 0.500. The first kappa shape index (κ1) is 13.4. The van der Waals surface area contributed by atoms with Gasteiger partial charge < -0.3 is 15.6 Å². The maximum Gasteiger partial charge on any atom is 0.250 e. The summed E-state index contributed by atoms with van der Waals surface area (Å²) in [6, 6.07) is 1.37. The lowest BCUT2D eigenvalue weighted by Gasteiger charge is -2.10. The average molecular weight is 266 g/mol. The van der Waals surface area contributed by atoms with Crippen LogP contribution in [-0.4, -0.2) is 39.9 Å². The molecule has 1 rings (SSSR count). The van der Waals surface area contributed by atoms with Crippen LogP contribution in [0, 0.1) is 0 Å². The van der Waals surface area contributed by atoms with Crippen LogP contribution in [0.3, 0.4) is 0 Å². The number of nitrogens with one attached hydrogen (secondary N) is 1. The van der Waals surface area contributed by atoms with Crippen LogP contribution in [-0.2, 0) is 14.8 Å². The second kappa shape index (κ2) is 5.60. The van der Waals surface area contributed by atoms with Gasteiger partial charge in [0.15, 0.2) is 0 Å². The van der Waals surface area contributed by atoms with Gasteiger partial charge in [-0.1, -0.05) is 0 Å². The molecule has 4 N–H and O–H groups in total. The molecular weight excluding hydrogens is 252 g/mol. The number of thiophene rings is 1. The number of hydrogen-bond acceptors (Lipinski definition) is 6. The number of anilines is 1. The Morgan fingerprint density at radius 1 is 1.69 bits per heavy atom. The minimum atomic E-state index is -3.58. The Morgan fingerprint density at radius 3 is 2.88 bits per heavy atom. The van der Waals surface area contributed by atoms with Crippen LogP contribution in [0.1, 0.15) is 0 Å². The van der Waals surface area contributed by atoms with Gasteiger partial charge in [0.05, 0.1) is 12.7 Å². The van der Waals surface area contributed by atoms with Crippen molar-refractivity contribution in [3.05, 3.63) is 11.4 Å². The van der Waals surface area contributed by atoms with Crippen molar-refractivity contribution in [2.24, 2.45) is 0 Å². The van der Waals surface area contributed by atoms with Gasteiger partial charge in [0.25, 0.3) is 0 Å². The predicted molar refractivity (Wildman–Crippen MR) is 61.8 cm³/mol. The zero-order valence-electron chi connectivity index (χ0n) is 8.71. The summed E-state index contributed by atoms with van der Waals surface area (Å²) in [4.78, 5) is 0. The summed E-state index contributed by atoms with van der Waals surface area (Å²) in [7, 11) is -2.15. The zero-order chi connectivity index (χ0) is 12.2. The number of nitrogen functional groups attached to an aromatic ring is 1. The highest BCUT2D eigenvalue weighted by molar-refractivity contribution is 7.91. The lowest BCUT2D eigenvalue weighted by Crippen LogP contribution is -2.34. The molecule has 1 heterocycles. The second-order valence-corrected chi connectivity index (χ2v) is 6.07. The third-order valence-corrected chi connectivity index (χ3v) is 4.61. The summed E-state index contributed by atoms with van der Waals surface area (Å²) in [6.45, 7) is -0.0108. The van der Waals surface area contributed by atoms with E-state index in [0.717, 1.165) is 11.3 Å². The van der Waals surface area contributed by atoms with Gasteiger partial charge in [-0.2, -0.15) is 0 Å². The number of methoxy groups -OCH3 is 1. The van der Waals surface area contributed by atoms with Crippen molar-refractivity contribution in [3.8, 4) is 0 Å². The Hall–Kier alpha value is -0.670. The van der Waals surface area contributed by atoms with Crippen molar-refractivity contribution in [1.82, 2.24) is 4.72 Å². The number of hydrogen-bond donors (Lipinski definition) is 3. The van der Waals surface area contributed by atoms with E-state index in [4.69, 9.17) is 5.73 Å². The molecule has 0 amide bonds. The number of aliphatic hydroxyl groups excluding tert-OH is 1. The van der Waals surface area contributed by atoms with Crippen molar-refractivity contribution < 1.29 is 18.3 Å². The summed E-state index contributed by atoms with van der Waals surface area (Å²) >= 11 is 1.03. The van der Waals surface area contributed by atoms with Gasteiger partial charge in [0, 0.05) is 24.7 Å². The molecule has 6 nitrogen and oxygen atoms in total. The maximum atomic E-state index is 11.6. The van der Waals surface area contributed by atoms with Crippen LogP contribution >= 0.6 is 11.3 Å². The third kappa shape index (κ3) is 3.72. The standard InChI is InChI=1S/C8H14N2O4S2/c1-14-4-7(11)3-10-16(12,13)8-2-6(9)5-15-8/h2,5,7,10-11H,3-4,9H2,1H3. The van der Waals surface area contributed by atoms with Crippen molar-refractivity contribution in [2.45, 2.75) is 10.3 Å². The van der Waals surface area contributed by atoms with E-state index in [2.05, 4.69) is 9.46 Å². The van der Waals surface area contributed by atoms with Crippen molar-refractivity contribution >= 4 is 27.0 Å². The lowest BCUT2D eigenvalue weighted by molar-refractivity contribution is 0.0679. The van der Waals surface area contributed by atoms with E-state index in [1.54, 1.807) is 5.38 Å². The van der Waals surface area contributed by atoms with Crippen LogP contribution in [0.2, 0.25) is 0 Å². The smallest absolute Gasteiger partial charge is 0.250 e. The summed E-state index contributed by atoms with van der Waals surface area (Å²) in [6.07, 6.45) is -0.864. The summed E-state index contributed by atoms with van der Waals surface area (Å²) < 4.78 is 30.4. The molecule has 0 aliphatic carbocycles. The highest BCUT2D eigenvalue weighted by Crippen LogP contribution is 2.21. The summed E-state index contributed by atoms with van der Waals surface area (Å²) in [5, 5.41) is 10.8. The van der Waals surface area contributed by atoms with Crippen molar-refractivity contribution in [2.75, 3.05) is 26.0 Å². The SMILES string of the molecule is COCC(O)CNS(=O)(=O)c1cc(N)cs1. The first-order chi connectivity index (χ1) is 7.45. The molecule has 16 heavy (non-hydrogen) atoms.